The number of aromatic nitrogens is 4. The van der Waals surface area contributed by atoms with Gasteiger partial charge in [-0.2, -0.15) is 0 Å². The van der Waals surface area contributed by atoms with Gasteiger partial charge in [0.2, 0.25) is 5.82 Å². The minimum absolute atomic E-state index is 0.0726. The first-order chi connectivity index (χ1) is 11.2. The van der Waals surface area contributed by atoms with Crippen LogP contribution in [0, 0.1) is 0 Å². The van der Waals surface area contributed by atoms with Crippen molar-refractivity contribution < 1.29 is 9.90 Å². The van der Waals surface area contributed by atoms with E-state index in [0.29, 0.717) is 12.2 Å². The molecule has 0 atom stereocenters. The van der Waals surface area contributed by atoms with Crippen molar-refractivity contribution in [3.63, 3.8) is 0 Å². The number of hydrogen-bond donors (Lipinski definition) is 1. The predicted molar refractivity (Wildman–Crippen MR) is 86.9 cm³/mol. The summed E-state index contributed by atoms with van der Waals surface area (Å²) in [6.07, 6.45) is 4.93. The van der Waals surface area contributed by atoms with E-state index in [-0.39, 0.29) is 24.9 Å². The molecule has 1 N–H and O–H groups in total. The van der Waals surface area contributed by atoms with Crippen molar-refractivity contribution in [3.05, 3.63) is 22.6 Å². The quantitative estimate of drug-likeness (QED) is 0.779. The lowest BCUT2D eigenvalue weighted by atomic mass is 10.2. The van der Waals surface area contributed by atoms with Crippen molar-refractivity contribution in [2.75, 3.05) is 19.7 Å². The van der Waals surface area contributed by atoms with Crippen LogP contribution in [-0.2, 0) is 12.8 Å². The van der Waals surface area contributed by atoms with E-state index in [4.69, 9.17) is 5.11 Å². The lowest BCUT2D eigenvalue weighted by Gasteiger charge is -2.17. The van der Waals surface area contributed by atoms with Gasteiger partial charge < -0.3 is 10.0 Å². The maximum absolute atomic E-state index is 12.5. The van der Waals surface area contributed by atoms with Crippen LogP contribution in [0.2, 0.25) is 0 Å². The summed E-state index contributed by atoms with van der Waals surface area (Å²) in [6, 6.07) is 0. The maximum Gasteiger partial charge on any atom is 0.293 e. The number of aliphatic hydroxyl groups is 1. The van der Waals surface area contributed by atoms with Gasteiger partial charge >= 0.3 is 0 Å². The number of nitrogens with zero attached hydrogens (tertiary/aromatic N) is 5. The molecule has 120 valence electrons. The fourth-order valence-electron chi connectivity index (χ4n) is 3.15. The monoisotopic (exact) mass is 331 g/mol. The second kappa shape index (κ2) is 5.54. The van der Waals surface area contributed by atoms with Crippen molar-refractivity contribution >= 4 is 33.1 Å². The van der Waals surface area contributed by atoms with Crippen LogP contribution in [0.15, 0.2) is 6.33 Å². The zero-order valence-corrected chi connectivity index (χ0v) is 13.6. The molecule has 1 amide bonds. The van der Waals surface area contributed by atoms with Crippen molar-refractivity contribution in [2.45, 2.75) is 26.2 Å². The molecule has 1 aliphatic rings. The molecule has 7 nitrogen and oxygen atoms in total. The smallest absolute Gasteiger partial charge is 0.293 e. The van der Waals surface area contributed by atoms with Crippen LogP contribution in [0.1, 0.15) is 34.4 Å². The van der Waals surface area contributed by atoms with Crippen molar-refractivity contribution in [1.82, 2.24) is 24.5 Å². The molecule has 0 unspecified atom stereocenters. The molecule has 3 aromatic rings. The fourth-order valence-corrected chi connectivity index (χ4v) is 4.37. The molecule has 3 heterocycles. The summed E-state index contributed by atoms with van der Waals surface area (Å²) in [7, 11) is 0. The van der Waals surface area contributed by atoms with Gasteiger partial charge in [-0.15, -0.1) is 16.4 Å². The molecule has 0 saturated heterocycles. The fraction of sp³-hybridized carbons (Fsp3) is 0.467. The van der Waals surface area contributed by atoms with Gasteiger partial charge in [-0.05, 0) is 31.7 Å². The Morgan fingerprint density at radius 2 is 2.35 bits per heavy atom. The van der Waals surface area contributed by atoms with Gasteiger partial charge in [-0.1, -0.05) is 0 Å². The molecular weight excluding hydrogens is 314 g/mol. The third-order valence-electron chi connectivity index (χ3n) is 4.27. The number of rotatable bonds is 4. The van der Waals surface area contributed by atoms with Crippen molar-refractivity contribution in [2.24, 2.45) is 0 Å². The van der Waals surface area contributed by atoms with E-state index in [1.54, 1.807) is 22.2 Å². The van der Waals surface area contributed by atoms with E-state index < -0.39 is 0 Å². The average Bonchev–Trinajstić information content (AvgIpc) is 3.23. The van der Waals surface area contributed by atoms with Gasteiger partial charge in [0.1, 0.15) is 11.2 Å². The van der Waals surface area contributed by atoms with Gasteiger partial charge in [0, 0.05) is 18.0 Å². The second-order valence-electron chi connectivity index (χ2n) is 5.59. The average molecular weight is 331 g/mol. The highest BCUT2D eigenvalue weighted by atomic mass is 32.1. The van der Waals surface area contributed by atoms with E-state index in [0.717, 1.165) is 29.5 Å². The van der Waals surface area contributed by atoms with Crippen LogP contribution < -0.4 is 0 Å². The maximum atomic E-state index is 12.5. The van der Waals surface area contributed by atoms with Crippen molar-refractivity contribution in [1.29, 1.82) is 0 Å². The van der Waals surface area contributed by atoms with Crippen LogP contribution in [-0.4, -0.2) is 55.2 Å². The molecule has 0 aliphatic heterocycles. The summed E-state index contributed by atoms with van der Waals surface area (Å²) in [4.78, 5) is 25.3. The standard InChI is InChI=1S/C15H17N5O2S/c1-2-19(6-7-21)15(22)12-17-13-11-9-4-3-5-10(9)23-14(11)16-8-20(13)18-12/h8,21H,2-7H2,1H3. The Morgan fingerprint density at radius 1 is 1.48 bits per heavy atom. The second-order valence-corrected chi connectivity index (χ2v) is 6.68. The number of amides is 1. The third-order valence-corrected chi connectivity index (χ3v) is 5.47. The molecule has 0 fully saturated rings. The van der Waals surface area contributed by atoms with Gasteiger partial charge in [0.15, 0.2) is 5.65 Å². The first-order valence-corrected chi connectivity index (χ1v) is 8.60. The molecule has 0 bridgehead atoms. The first kappa shape index (κ1) is 14.5. The number of likely N-dealkylation sites (N-methyl/N-ethyl adjacent to an activating group) is 1. The van der Waals surface area contributed by atoms with E-state index >= 15 is 0 Å². The van der Waals surface area contributed by atoms with E-state index in [1.807, 2.05) is 6.92 Å². The Hall–Kier alpha value is -2.06. The van der Waals surface area contributed by atoms with Gasteiger partial charge in [0.25, 0.3) is 5.91 Å². The highest BCUT2D eigenvalue weighted by Gasteiger charge is 2.24. The summed E-state index contributed by atoms with van der Waals surface area (Å²) < 4.78 is 1.59. The SMILES string of the molecule is CCN(CCO)C(=O)c1nc2c3c4c(sc3ncn2n1)CCC4. The minimum atomic E-state index is -0.259. The Kier molecular flexibility index (Phi) is 3.50. The highest BCUT2D eigenvalue weighted by Crippen LogP contribution is 2.37. The Labute approximate surface area is 136 Å². The van der Waals surface area contributed by atoms with E-state index in [9.17, 15) is 4.79 Å². The lowest BCUT2D eigenvalue weighted by molar-refractivity contribution is 0.0720. The van der Waals surface area contributed by atoms with Crippen LogP contribution >= 0.6 is 11.3 Å². The third kappa shape index (κ3) is 2.21. The summed E-state index contributed by atoms with van der Waals surface area (Å²) in [5.41, 5.74) is 2.02. The van der Waals surface area contributed by atoms with Crippen molar-refractivity contribution in [3.8, 4) is 0 Å². The summed E-state index contributed by atoms with van der Waals surface area (Å²) in [5.74, 6) is -0.0992. The molecule has 4 rings (SSSR count). The number of aryl methyl sites for hydroxylation is 2. The molecule has 1 aliphatic carbocycles. The Bertz CT molecular complexity index is 900. The predicted octanol–water partition coefficient (Wildman–Crippen LogP) is 1.28. The molecule has 0 aromatic carbocycles. The Balaban J connectivity index is 1.84. The Morgan fingerprint density at radius 3 is 3.13 bits per heavy atom. The molecule has 0 radical (unpaired) electrons. The van der Waals surface area contributed by atoms with Crippen LogP contribution in [0.25, 0.3) is 15.9 Å². The molecule has 3 aromatic heterocycles. The van der Waals surface area contributed by atoms with E-state index in [1.165, 1.54) is 15.3 Å². The van der Waals surface area contributed by atoms with Gasteiger partial charge in [-0.3, -0.25) is 4.79 Å². The van der Waals surface area contributed by atoms with Gasteiger partial charge in [0.05, 0.1) is 12.0 Å². The number of carbonyl (C=O) groups excluding carboxylic acids is 1. The first-order valence-electron chi connectivity index (χ1n) is 7.78. The summed E-state index contributed by atoms with van der Waals surface area (Å²) >= 11 is 1.72. The summed E-state index contributed by atoms with van der Waals surface area (Å²) in [5, 5.41) is 14.4. The molecule has 8 heteroatoms. The van der Waals surface area contributed by atoms with Crippen LogP contribution in [0.4, 0.5) is 0 Å². The molecule has 23 heavy (non-hydrogen) atoms. The highest BCUT2D eigenvalue weighted by molar-refractivity contribution is 7.19. The number of fused-ring (bicyclic) bond motifs is 5. The number of carbonyl (C=O) groups is 1. The zero-order chi connectivity index (χ0) is 16.0. The zero-order valence-electron chi connectivity index (χ0n) is 12.8. The number of hydrogen-bond acceptors (Lipinski definition) is 6. The molecule has 0 saturated carbocycles. The van der Waals surface area contributed by atoms with Crippen LogP contribution in [0.5, 0.6) is 0 Å². The topological polar surface area (TPSA) is 83.6 Å². The van der Waals surface area contributed by atoms with E-state index in [2.05, 4.69) is 15.1 Å². The largest absolute Gasteiger partial charge is 0.395 e. The molecule has 0 spiro atoms. The summed E-state index contributed by atoms with van der Waals surface area (Å²) in [6.45, 7) is 2.59. The number of aliphatic hydroxyl groups excluding tert-OH is 1. The van der Waals surface area contributed by atoms with Crippen LogP contribution in [0.3, 0.4) is 0 Å². The molecular formula is C15H17N5O2S. The number of thiophene rings is 1. The van der Waals surface area contributed by atoms with Gasteiger partial charge in [-0.25, -0.2) is 14.5 Å². The minimum Gasteiger partial charge on any atom is -0.395 e. The normalized spacial score (nSPS) is 13.8. The lowest BCUT2D eigenvalue weighted by Crippen LogP contribution is -2.34.